The van der Waals surface area contributed by atoms with Gasteiger partial charge in [-0.25, -0.2) is 13.2 Å². The largest absolute Gasteiger partial charge is 0.478 e. The van der Waals surface area contributed by atoms with E-state index in [1.54, 1.807) is 6.92 Å². The highest BCUT2D eigenvalue weighted by atomic mass is 32.2. The molecule has 0 aliphatic rings. The van der Waals surface area contributed by atoms with Crippen molar-refractivity contribution in [2.45, 2.75) is 45.6 Å². The monoisotopic (exact) mass is 303 g/mol. The number of carbonyl (C=O) groups is 1. The molecule has 0 spiro atoms. The standard InChI is InChI=1S/C13H21NO5S/c1-7(2)8(3)14(6)20(17,18)12-10(5)19-9(4)11(12)13(15)16/h7-8H,1-6H3,(H,15,16). The Morgan fingerprint density at radius 1 is 1.20 bits per heavy atom. The van der Waals surface area contributed by atoms with Crippen LogP contribution in [0.25, 0.3) is 0 Å². The van der Waals surface area contributed by atoms with E-state index in [0.29, 0.717) is 0 Å². The lowest BCUT2D eigenvalue weighted by Crippen LogP contribution is -2.38. The van der Waals surface area contributed by atoms with Crippen molar-refractivity contribution in [3.63, 3.8) is 0 Å². The zero-order valence-electron chi connectivity index (χ0n) is 12.6. The first-order chi connectivity index (χ1) is 9.01. The minimum atomic E-state index is -3.91. The van der Waals surface area contributed by atoms with Gasteiger partial charge in [0, 0.05) is 13.1 Å². The molecule has 20 heavy (non-hydrogen) atoms. The summed E-state index contributed by atoms with van der Waals surface area (Å²) in [5.41, 5.74) is -0.287. The second kappa shape index (κ2) is 5.57. The lowest BCUT2D eigenvalue weighted by molar-refractivity contribution is 0.0691. The molecule has 0 radical (unpaired) electrons. The average molecular weight is 303 g/mol. The lowest BCUT2D eigenvalue weighted by Gasteiger charge is -2.27. The van der Waals surface area contributed by atoms with E-state index in [1.165, 1.54) is 25.2 Å². The van der Waals surface area contributed by atoms with Crippen LogP contribution >= 0.6 is 0 Å². The smallest absolute Gasteiger partial charge is 0.340 e. The van der Waals surface area contributed by atoms with E-state index in [9.17, 15) is 18.3 Å². The van der Waals surface area contributed by atoms with Crippen molar-refractivity contribution >= 4 is 16.0 Å². The molecule has 6 nitrogen and oxygen atoms in total. The number of carboxylic acid groups (broad SMARTS) is 1. The number of hydrogen-bond acceptors (Lipinski definition) is 4. The van der Waals surface area contributed by atoms with Gasteiger partial charge in [0.2, 0.25) is 10.0 Å². The Labute approximate surface area is 119 Å². The first kappa shape index (κ1) is 16.7. The number of nitrogens with zero attached hydrogens (tertiary/aromatic N) is 1. The molecule has 1 aromatic rings. The van der Waals surface area contributed by atoms with Gasteiger partial charge >= 0.3 is 5.97 Å². The zero-order valence-corrected chi connectivity index (χ0v) is 13.4. The molecule has 0 fully saturated rings. The van der Waals surface area contributed by atoms with Crippen LogP contribution in [0.3, 0.4) is 0 Å². The van der Waals surface area contributed by atoms with E-state index < -0.39 is 16.0 Å². The first-order valence-electron chi connectivity index (χ1n) is 6.33. The summed E-state index contributed by atoms with van der Waals surface area (Å²) in [6.45, 7) is 8.50. The molecule has 0 saturated carbocycles. The minimum absolute atomic E-state index is 0.0965. The Balaban J connectivity index is 3.48. The summed E-state index contributed by atoms with van der Waals surface area (Å²) in [6.07, 6.45) is 0. The van der Waals surface area contributed by atoms with Crippen molar-refractivity contribution in [3.05, 3.63) is 17.1 Å². The summed E-state index contributed by atoms with van der Waals surface area (Å²) in [5.74, 6) is -0.998. The number of carboxylic acids is 1. The maximum absolute atomic E-state index is 12.6. The van der Waals surface area contributed by atoms with Gasteiger partial charge in [-0.15, -0.1) is 0 Å². The maximum atomic E-state index is 12.6. The molecule has 0 amide bonds. The molecule has 0 aromatic carbocycles. The molecule has 0 aliphatic heterocycles. The Bertz CT molecular complexity index is 615. The fourth-order valence-corrected chi connectivity index (χ4v) is 3.87. The number of aryl methyl sites for hydroxylation is 2. The normalized spacial score (nSPS) is 14.0. The lowest BCUT2D eigenvalue weighted by atomic mass is 10.1. The summed E-state index contributed by atoms with van der Waals surface area (Å²) in [7, 11) is -2.46. The predicted molar refractivity (Wildman–Crippen MR) is 74.4 cm³/mol. The minimum Gasteiger partial charge on any atom is -0.478 e. The van der Waals surface area contributed by atoms with Crippen molar-refractivity contribution in [1.82, 2.24) is 4.31 Å². The number of aromatic carboxylic acids is 1. The van der Waals surface area contributed by atoms with E-state index in [4.69, 9.17) is 4.42 Å². The van der Waals surface area contributed by atoms with Crippen LogP contribution < -0.4 is 0 Å². The molecule has 1 atom stereocenters. The molecule has 7 heteroatoms. The van der Waals surface area contributed by atoms with Crippen LogP contribution in [0, 0.1) is 19.8 Å². The Hall–Kier alpha value is -1.34. The summed E-state index contributed by atoms with van der Waals surface area (Å²) in [5, 5.41) is 9.21. The van der Waals surface area contributed by atoms with Crippen LogP contribution in [0.15, 0.2) is 9.31 Å². The predicted octanol–water partition coefficient (Wildman–Crippen LogP) is 2.26. The highest BCUT2D eigenvalue weighted by molar-refractivity contribution is 7.89. The van der Waals surface area contributed by atoms with E-state index in [0.717, 1.165) is 0 Å². The number of rotatable bonds is 5. The van der Waals surface area contributed by atoms with Gasteiger partial charge < -0.3 is 9.52 Å². The molecule has 1 aromatic heterocycles. The van der Waals surface area contributed by atoms with Gasteiger partial charge in [-0.05, 0) is 26.7 Å². The summed E-state index contributed by atoms with van der Waals surface area (Å²) in [4.78, 5) is 11.0. The molecule has 1 N–H and O–H groups in total. The Kier molecular flexibility index (Phi) is 4.66. The molecule has 0 aliphatic carbocycles. The Morgan fingerprint density at radius 2 is 1.70 bits per heavy atom. The summed E-state index contributed by atoms with van der Waals surface area (Å²) >= 11 is 0. The molecule has 114 valence electrons. The summed E-state index contributed by atoms with van der Waals surface area (Å²) in [6, 6.07) is -0.253. The molecular formula is C13H21NO5S. The molecule has 0 saturated heterocycles. The average Bonchev–Trinajstić information content (AvgIpc) is 2.62. The molecule has 1 rings (SSSR count). The quantitative estimate of drug-likeness (QED) is 0.901. The fraction of sp³-hybridized carbons (Fsp3) is 0.615. The highest BCUT2D eigenvalue weighted by Gasteiger charge is 2.35. The third-order valence-corrected chi connectivity index (χ3v) is 5.69. The zero-order chi connectivity index (χ0) is 15.8. The van der Waals surface area contributed by atoms with E-state index in [2.05, 4.69) is 0 Å². The third kappa shape index (κ3) is 2.73. The molecular weight excluding hydrogens is 282 g/mol. The highest BCUT2D eigenvalue weighted by Crippen LogP contribution is 2.30. The van der Waals surface area contributed by atoms with Crippen LogP contribution in [0.2, 0.25) is 0 Å². The van der Waals surface area contributed by atoms with Gasteiger partial charge in [0.05, 0.1) is 0 Å². The first-order valence-corrected chi connectivity index (χ1v) is 7.77. The van der Waals surface area contributed by atoms with Gasteiger partial charge in [0.15, 0.2) is 0 Å². The van der Waals surface area contributed by atoms with E-state index >= 15 is 0 Å². The molecule has 1 unspecified atom stereocenters. The van der Waals surface area contributed by atoms with E-state index in [1.807, 2.05) is 13.8 Å². The second-order valence-corrected chi connectivity index (χ2v) is 7.16. The van der Waals surface area contributed by atoms with E-state index in [-0.39, 0.29) is 33.9 Å². The second-order valence-electron chi connectivity index (χ2n) is 5.23. The number of furan rings is 1. The maximum Gasteiger partial charge on any atom is 0.340 e. The van der Waals surface area contributed by atoms with Crippen LogP contribution in [-0.4, -0.2) is 36.9 Å². The van der Waals surface area contributed by atoms with Gasteiger partial charge in [-0.3, -0.25) is 0 Å². The van der Waals surface area contributed by atoms with Crippen LogP contribution in [0.5, 0.6) is 0 Å². The van der Waals surface area contributed by atoms with Crippen molar-refractivity contribution in [2.75, 3.05) is 7.05 Å². The van der Waals surface area contributed by atoms with Crippen molar-refractivity contribution in [1.29, 1.82) is 0 Å². The van der Waals surface area contributed by atoms with Crippen LogP contribution in [0.4, 0.5) is 0 Å². The SMILES string of the molecule is Cc1oc(C)c(S(=O)(=O)N(C)C(C)C(C)C)c1C(=O)O. The topological polar surface area (TPSA) is 87.8 Å². The van der Waals surface area contributed by atoms with Gasteiger partial charge in [-0.1, -0.05) is 13.8 Å². The Morgan fingerprint density at radius 3 is 2.10 bits per heavy atom. The van der Waals surface area contributed by atoms with Crippen molar-refractivity contribution in [2.24, 2.45) is 5.92 Å². The van der Waals surface area contributed by atoms with Gasteiger partial charge in [0.1, 0.15) is 22.0 Å². The number of sulfonamides is 1. The van der Waals surface area contributed by atoms with Gasteiger partial charge in [0.25, 0.3) is 0 Å². The van der Waals surface area contributed by atoms with Crippen molar-refractivity contribution < 1.29 is 22.7 Å². The van der Waals surface area contributed by atoms with Crippen LogP contribution in [-0.2, 0) is 10.0 Å². The number of hydrogen-bond donors (Lipinski definition) is 1. The fourth-order valence-electron chi connectivity index (χ4n) is 2.00. The van der Waals surface area contributed by atoms with Gasteiger partial charge in [-0.2, -0.15) is 4.31 Å². The van der Waals surface area contributed by atoms with Crippen molar-refractivity contribution in [3.8, 4) is 0 Å². The third-order valence-electron chi connectivity index (χ3n) is 3.59. The summed E-state index contributed by atoms with van der Waals surface area (Å²) < 4.78 is 31.7. The van der Waals surface area contributed by atoms with Crippen LogP contribution in [0.1, 0.15) is 42.6 Å². The molecule has 1 heterocycles. The molecule has 0 bridgehead atoms.